The first kappa shape index (κ1) is 10.7. The average molecular weight is 158 g/mol. The zero-order valence-electron chi connectivity index (χ0n) is 7.89. The molecule has 66 valence electrons. The van der Waals surface area contributed by atoms with E-state index in [0.29, 0.717) is 12.5 Å². The molecule has 0 bridgehead atoms. The lowest BCUT2D eigenvalue weighted by Gasteiger charge is -2.32. The lowest BCUT2D eigenvalue weighted by molar-refractivity contribution is -0.0585. The van der Waals surface area contributed by atoms with Crippen LogP contribution in [0.4, 0.5) is 0 Å². The molecular formula is C9H18O2. The summed E-state index contributed by atoms with van der Waals surface area (Å²) in [4.78, 5) is 0. The van der Waals surface area contributed by atoms with Crippen LogP contribution in [0.15, 0.2) is 12.7 Å². The van der Waals surface area contributed by atoms with Crippen LogP contribution in [-0.4, -0.2) is 26.4 Å². The molecule has 0 aromatic heterocycles. The van der Waals surface area contributed by atoms with Crippen LogP contribution in [0.2, 0.25) is 0 Å². The Kier molecular flexibility index (Phi) is 4.38. The Morgan fingerprint density at radius 1 is 1.45 bits per heavy atom. The summed E-state index contributed by atoms with van der Waals surface area (Å²) >= 11 is 0. The van der Waals surface area contributed by atoms with Gasteiger partial charge in [0.2, 0.25) is 0 Å². The van der Waals surface area contributed by atoms with Gasteiger partial charge < -0.3 is 9.47 Å². The van der Waals surface area contributed by atoms with Crippen LogP contribution in [0.25, 0.3) is 0 Å². The van der Waals surface area contributed by atoms with E-state index in [4.69, 9.17) is 9.47 Å². The summed E-state index contributed by atoms with van der Waals surface area (Å²) in [5, 5.41) is 0. The van der Waals surface area contributed by atoms with E-state index in [1.165, 1.54) is 0 Å². The zero-order valence-corrected chi connectivity index (χ0v) is 7.89. The Labute approximate surface area is 69.2 Å². The van der Waals surface area contributed by atoms with E-state index in [1.807, 2.05) is 0 Å². The highest BCUT2D eigenvalue weighted by Crippen LogP contribution is 2.22. The summed E-state index contributed by atoms with van der Waals surface area (Å²) in [6.07, 6.45) is 1.81. The fourth-order valence-electron chi connectivity index (χ4n) is 1.06. The SMILES string of the molecule is C=CC(COC)(OC)C(C)C. The molecule has 0 fully saturated rings. The number of hydrogen-bond donors (Lipinski definition) is 0. The van der Waals surface area contributed by atoms with Crippen molar-refractivity contribution in [1.29, 1.82) is 0 Å². The van der Waals surface area contributed by atoms with Gasteiger partial charge in [-0.2, -0.15) is 0 Å². The third kappa shape index (κ3) is 2.31. The molecule has 0 aliphatic carbocycles. The Balaban J connectivity index is 4.32. The van der Waals surface area contributed by atoms with Crippen molar-refractivity contribution >= 4 is 0 Å². The Bertz CT molecular complexity index is 121. The van der Waals surface area contributed by atoms with E-state index >= 15 is 0 Å². The molecule has 0 aliphatic rings. The standard InChI is InChI=1S/C9H18O2/c1-6-9(11-5,7-10-4)8(2)3/h6,8H,1,7H2,2-5H3. The molecule has 0 N–H and O–H groups in total. The van der Waals surface area contributed by atoms with Gasteiger partial charge in [-0.05, 0) is 5.92 Å². The van der Waals surface area contributed by atoms with Gasteiger partial charge in [0, 0.05) is 14.2 Å². The molecule has 0 heterocycles. The maximum Gasteiger partial charge on any atom is 0.111 e. The quantitative estimate of drug-likeness (QED) is 0.568. The average Bonchev–Trinajstić information content (AvgIpc) is 2.00. The van der Waals surface area contributed by atoms with Crippen LogP contribution in [0.5, 0.6) is 0 Å². The molecule has 0 amide bonds. The van der Waals surface area contributed by atoms with Crippen LogP contribution in [0, 0.1) is 5.92 Å². The number of hydrogen-bond acceptors (Lipinski definition) is 2. The maximum absolute atomic E-state index is 5.35. The van der Waals surface area contributed by atoms with E-state index in [-0.39, 0.29) is 5.60 Å². The highest BCUT2D eigenvalue weighted by Gasteiger charge is 2.29. The van der Waals surface area contributed by atoms with Crippen LogP contribution in [-0.2, 0) is 9.47 Å². The second-order valence-electron chi connectivity index (χ2n) is 2.95. The van der Waals surface area contributed by atoms with Crippen LogP contribution in [0.3, 0.4) is 0 Å². The molecular weight excluding hydrogens is 140 g/mol. The predicted octanol–water partition coefficient (Wildman–Crippen LogP) is 1.86. The number of methoxy groups -OCH3 is 2. The Hall–Kier alpha value is -0.340. The summed E-state index contributed by atoms with van der Waals surface area (Å²) in [5.41, 5.74) is -0.325. The molecule has 1 unspecified atom stereocenters. The van der Waals surface area contributed by atoms with Gasteiger partial charge in [-0.25, -0.2) is 0 Å². The van der Waals surface area contributed by atoms with Gasteiger partial charge in [-0.1, -0.05) is 19.9 Å². The lowest BCUT2D eigenvalue weighted by Crippen LogP contribution is -2.39. The molecule has 2 nitrogen and oxygen atoms in total. The summed E-state index contributed by atoms with van der Waals surface area (Å²) in [6.45, 7) is 8.47. The predicted molar refractivity (Wildman–Crippen MR) is 46.7 cm³/mol. The summed E-state index contributed by atoms with van der Waals surface area (Å²) < 4.78 is 10.4. The maximum atomic E-state index is 5.35. The lowest BCUT2D eigenvalue weighted by atomic mass is 9.91. The summed E-state index contributed by atoms with van der Waals surface area (Å²) in [6, 6.07) is 0. The van der Waals surface area contributed by atoms with Crippen LogP contribution in [0.1, 0.15) is 13.8 Å². The van der Waals surface area contributed by atoms with E-state index in [9.17, 15) is 0 Å². The van der Waals surface area contributed by atoms with Gasteiger partial charge >= 0.3 is 0 Å². The second kappa shape index (κ2) is 4.52. The summed E-state index contributed by atoms with van der Waals surface area (Å²) in [7, 11) is 3.35. The number of rotatable bonds is 5. The van der Waals surface area contributed by atoms with Gasteiger partial charge in [-0.3, -0.25) is 0 Å². The first-order valence-corrected chi connectivity index (χ1v) is 3.80. The first-order chi connectivity index (χ1) is 5.13. The van der Waals surface area contributed by atoms with Crippen molar-refractivity contribution < 1.29 is 9.47 Å². The van der Waals surface area contributed by atoms with Crippen molar-refractivity contribution in [1.82, 2.24) is 0 Å². The zero-order chi connectivity index (χ0) is 8.91. The van der Waals surface area contributed by atoms with Gasteiger partial charge in [0.05, 0.1) is 6.61 Å². The molecule has 2 heteroatoms. The van der Waals surface area contributed by atoms with Crippen molar-refractivity contribution in [2.24, 2.45) is 5.92 Å². The van der Waals surface area contributed by atoms with Crippen molar-refractivity contribution in [2.45, 2.75) is 19.4 Å². The van der Waals surface area contributed by atoms with Crippen molar-refractivity contribution in [3.05, 3.63) is 12.7 Å². The first-order valence-electron chi connectivity index (χ1n) is 3.80. The summed E-state index contributed by atoms with van der Waals surface area (Å²) in [5.74, 6) is 0.380. The minimum absolute atomic E-state index is 0.325. The minimum Gasteiger partial charge on any atom is -0.381 e. The normalized spacial score (nSPS) is 16.5. The van der Waals surface area contributed by atoms with Gasteiger partial charge in [0.1, 0.15) is 5.60 Å². The van der Waals surface area contributed by atoms with Crippen LogP contribution >= 0.6 is 0 Å². The van der Waals surface area contributed by atoms with E-state index in [1.54, 1.807) is 20.3 Å². The molecule has 1 atom stereocenters. The van der Waals surface area contributed by atoms with Crippen molar-refractivity contribution in [2.75, 3.05) is 20.8 Å². The largest absolute Gasteiger partial charge is 0.381 e. The monoisotopic (exact) mass is 158 g/mol. The van der Waals surface area contributed by atoms with Gasteiger partial charge in [0.25, 0.3) is 0 Å². The highest BCUT2D eigenvalue weighted by molar-refractivity contribution is 4.99. The second-order valence-corrected chi connectivity index (χ2v) is 2.95. The molecule has 11 heavy (non-hydrogen) atoms. The molecule has 0 aromatic rings. The molecule has 0 aromatic carbocycles. The van der Waals surface area contributed by atoms with Crippen molar-refractivity contribution in [3.8, 4) is 0 Å². The molecule has 0 radical (unpaired) electrons. The van der Waals surface area contributed by atoms with Gasteiger partial charge in [-0.15, -0.1) is 6.58 Å². The Morgan fingerprint density at radius 3 is 2.09 bits per heavy atom. The number of ether oxygens (including phenoxy) is 2. The minimum atomic E-state index is -0.325. The molecule has 0 saturated heterocycles. The van der Waals surface area contributed by atoms with E-state index in [0.717, 1.165) is 0 Å². The molecule has 0 saturated carbocycles. The third-order valence-corrected chi connectivity index (χ3v) is 2.07. The molecule has 0 spiro atoms. The van der Waals surface area contributed by atoms with Crippen molar-refractivity contribution in [3.63, 3.8) is 0 Å². The smallest absolute Gasteiger partial charge is 0.111 e. The third-order valence-electron chi connectivity index (χ3n) is 2.07. The molecule has 0 rings (SSSR count). The van der Waals surface area contributed by atoms with Crippen LogP contribution < -0.4 is 0 Å². The fraction of sp³-hybridized carbons (Fsp3) is 0.778. The van der Waals surface area contributed by atoms with E-state index in [2.05, 4.69) is 20.4 Å². The highest BCUT2D eigenvalue weighted by atomic mass is 16.5. The Morgan fingerprint density at radius 2 is 2.00 bits per heavy atom. The van der Waals surface area contributed by atoms with Gasteiger partial charge in [0.15, 0.2) is 0 Å². The topological polar surface area (TPSA) is 18.5 Å². The molecule has 0 aliphatic heterocycles. The fourth-order valence-corrected chi connectivity index (χ4v) is 1.06. The van der Waals surface area contributed by atoms with E-state index < -0.39 is 0 Å².